The van der Waals surface area contributed by atoms with Gasteiger partial charge in [-0.1, -0.05) is 24.3 Å². The van der Waals surface area contributed by atoms with Crippen LogP contribution in [-0.2, 0) is 9.53 Å². The third kappa shape index (κ3) is 4.41. The van der Waals surface area contributed by atoms with E-state index >= 15 is 0 Å². The Labute approximate surface area is 126 Å². The smallest absolute Gasteiger partial charge is 0.246 e. The van der Waals surface area contributed by atoms with Crippen molar-refractivity contribution in [3.8, 4) is 0 Å². The number of carbonyl (C=O) groups is 1. The summed E-state index contributed by atoms with van der Waals surface area (Å²) in [6.07, 6.45) is 4.53. The SMILES string of the molecule is Cc1ccccc1/C=C/C(=O)N(C)CC1(O)CCOCC1. The van der Waals surface area contributed by atoms with Gasteiger partial charge in [0.2, 0.25) is 5.91 Å². The van der Waals surface area contributed by atoms with Crippen molar-refractivity contribution >= 4 is 12.0 Å². The van der Waals surface area contributed by atoms with Gasteiger partial charge in [0.15, 0.2) is 0 Å². The molecule has 0 aromatic heterocycles. The maximum atomic E-state index is 12.1. The Morgan fingerprint density at radius 1 is 1.38 bits per heavy atom. The van der Waals surface area contributed by atoms with Crippen LogP contribution in [0.1, 0.15) is 24.0 Å². The van der Waals surface area contributed by atoms with Crippen LogP contribution in [0.15, 0.2) is 30.3 Å². The second-order valence-electron chi connectivity index (χ2n) is 5.72. The molecule has 114 valence electrons. The summed E-state index contributed by atoms with van der Waals surface area (Å²) in [5.74, 6) is -0.0989. The molecule has 1 amide bonds. The van der Waals surface area contributed by atoms with E-state index in [1.54, 1.807) is 18.0 Å². The minimum atomic E-state index is -0.820. The van der Waals surface area contributed by atoms with Crippen molar-refractivity contribution < 1.29 is 14.6 Å². The average Bonchev–Trinajstić information content (AvgIpc) is 2.46. The van der Waals surface area contributed by atoms with Crippen molar-refractivity contribution in [1.82, 2.24) is 4.90 Å². The Bertz CT molecular complexity index is 519. The Morgan fingerprint density at radius 3 is 2.71 bits per heavy atom. The second-order valence-corrected chi connectivity index (χ2v) is 5.72. The minimum absolute atomic E-state index is 0.0989. The van der Waals surface area contributed by atoms with Crippen LogP contribution in [0.4, 0.5) is 0 Å². The van der Waals surface area contributed by atoms with Crippen LogP contribution in [0.3, 0.4) is 0 Å². The maximum absolute atomic E-state index is 12.1. The quantitative estimate of drug-likeness (QED) is 0.863. The van der Waals surface area contributed by atoms with Crippen LogP contribution in [0.5, 0.6) is 0 Å². The number of rotatable bonds is 4. The van der Waals surface area contributed by atoms with Gasteiger partial charge in [0.25, 0.3) is 0 Å². The van der Waals surface area contributed by atoms with E-state index in [0.29, 0.717) is 32.6 Å². The summed E-state index contributed by atoms with van der Waals surface area (Å²) in [6.45, 7) is 3.46. The normalized spacial score (nSPS) is 17.9. The van der Waals surface area contributed by atoms with Crippen molar-refractivity contribution in [3.05, 3.63) is 41.5 Å². The van der Waals surface area contributed by atoms with E-state index in [-0.39, 0.29) is 5.91 Å². The summed E-state index contributed by atoms with van der Waals surface area (Å²) in [5, 5.41) is 10.4. The van der Waals surface area contributed by atoms with Crippen LogP contribution >= 0.6 is 0 Å². The predicted octanol–water partition coefficient (Wildman–Crippen LogP) is 2.01. The molecule has 0 bridgehead atoms. The van der Waals surface area contributed by atoms with Crippen molar-refractivity contribution in [2.45, 2.75) is 25.4 Å². The summed E-state index contributed by atoms with van der Waals surface area (Å²) in [5.41, 5.74) is 1.34. The first-order valence-electron chi connectivity index (χ1n) is 7.29. The van der Waals surface area contributed by atoms with Gasteiger partial charge in [-0.3, -0.25) is 4.79 Å². The molecule has 1 N–H and O–H groups in total. The van der Waals surface area contributed by atoms with E-state index in [9.17, 15) is 9.90 Å². The van der Waals surface area contributed by atoms with E-state index < -0.39 is 5.60 Å². The molecule has 0 saturated carbocycles. The molecule has 1 aliphatic rings. The Hall–Kier alpha value is -1.65. The highest BCUT2D eigenvalue weighted by molar-refractivity contribution is 5.91. The predicted molar refractivity (Wildman–Crippen MR) is 82.9 cm³/mol. The lowest BCUT2D eigenvalue weighted by atomic mass is 9.94. The molecule has 1 saturated heterocycles. The average molecular weight is 289 g/mol. The Balaban J connectivity index is 1.95. The molecule has 1 aliphatic heterocycles. The highest BCUT2D eigenvalue weighted by atomic mass is 16.5. The topological polar surface area (TPSA) is 49.8 Å². The van der Waals surface area contributed by atoms with E-state index in [0.717, 1.165) is 11.1 Å². The minimum Gasteiger partial charge on any atom is -0.388 e. The number of aryl methyl sites for hydroxylation is 1. The van der Waals surface area contributed by atoms with Crippen molar-refractivity contribution in [2.75, 3.05) is 26.8 Å². The molecule has 1 aromatic carbocycles. The van der Waals surface area contributed by atoms with E-state index in [4.69, 9.17) is 4.74 Å². The van der Waals surface area contributed by atoms with Crippen LogP contribution in [0.2, 0.25) is 0 Å². The van der Waals surface area contributed by atoms with Gasteiger partial charge in [0, 0.05) is 45.7 Å². The van der Waals surface area contributed by atoms with Gasteiger partial charge in [-0.25, -0.2) is 0 Å². The van der Waals surface area contributed by atoms with Crippen LogP contribution in [0.25, 0.3) is 6.08 Å². The number of benzene rings is 1. The van der Waals surface area contributed by atoms with E-state index in [1.807, 2.05) is 37.3 Å². The number of hydrogen-bond acceptors (Lipinski definition) is 3. The van der Waals surface area contributed by atoms with Gasteiger partial charge in [-0.15, -0.1) is 0 Å². The lowest BCUT2D eigenvalue weighted by Gasteiger charge is -2.35. The first-order chi connectivity index (χ1) is 10.0. The fourth-order valence-corrected chi connectivity index (χ4v) is 2.49. The number of carbonyl (C=O) groups excluding carboxylic acids is 1. The maximum Gasteiger partial charge on any atom is 0.246 e. The van der Waals surface area contributed by atoms with Crippen LogP contribution in [-0.4, -0.2) is 48.3 Å². The molecule has 0 radical (unpaired) electrons. The van der Waals surface area contributed by atoms with E-state index in [2.05, 4.69) is 0 Å². The third-order valence-corrected chi connectivity index (χ3v) is 3.93. The van der Waals surface area contributed by atoms with Gasteiger partial charge in [0.05, 0.1) is 5.60 Å². The van der Waals surface area contributed by atoms with Crippen LogP contribution in [0, 0.1) is 6.92 Å². The Kier molecular flexibility index (Phi) is 5.15. The molecule has 1 aromatic rings. The zero-order valence-corrected chi connectivity index (χ0v) is 12.7. The standard InChI is InChI=1S/C17H23NO3/c1-14-5-3-4-6-15(14)7-8-16(19)18(2)13-17(20)9-11-21-12-10-17/h3-8,20H,9-13H2,1-2H3/b8-7+. The summed E-state index contributed by atoms with van der Waals surface area (Å²) >= 11 is 0. The van der Waals surface area contributed by atoms with Crippen molar-refractivity contribution in [1.29, 1.82) is 0 Å². The molecule has 0 unspecified atom stereocenters. The molecule has 4 heteroatoms. The zero-order chi connectivity index (χ0) is 15.3. The summed E-state index contributed by atoms with van der Waals surface area (Å²) in [4.78, 5) is 13.7. The zero-order valence-electron chi connectivity index (χ0n) is 12.7. The van der Waals surface area contributed by atoms with Gasteiger partial charge in [-0.2, -0.15) is 0 Å². The van der Waals surface area contributed by atoms with Crippen LogP contribution < -0.4 is 0 Å². The molecule has 0 spiro atoms. The molecule has 4 nitrogen and oxygen atoms in total. The first-order valence-corrected chi connectivity index (χ1v) is 7.29. The third-order valence-electron chi connectivity index (χ3n) is 3.93. The molecule has 0 aliphatic carbocycles. The highest BCUT2D eigenvalue weighted by Gasteiger charge is 2.31. The van der Waals surface area contributed by atoms with Gasteiger partial charge in [-0.05, 0) is 24.1 Å². The lowest BCUT2D eigenvalue weighted by Crippen LogP contribution is -2.47. The number of amides is 1. The highest BCUT2D eigenvalue weighted by Crippen LogP contribution is 2.21. The largest absolute Gasteiger partial charge is 0.388 e. The summed E-state index contributed by atoms with van der Waals surface area (Å²) < 4.78 is 5.25. The van der Waals surface area contributed by atoms with Crippen molar-refractivity contribution in [2.24, 2.45) is 0 Å². The molecule has 1 heterocycles. The number of hydrogen-bond donors (Lipinski definition) is 1. The van der Waals surface area contributed by atoms with Crippen molar-refractivity contribution in [3.63, 3.8) is 0 Å². The molecular weight excluding hydrogens is 266 g/mol. The van der Waals surface area contributed by atoms with Gasteiger partial charge >= 0.3 is 0 Å². The summed E-state index contributed by atoms with van der Waals surface area (Å²) in [7, 11) is 1.72. The molecule has 21 heavy (non-hydrogen) atoms. The van der Waals surface area contributed by atoms with Gasteiger partial charge in [0.1, 0.15) is 0 Å². The second kappa shape index (κ2) is 6.87. The van der Waals surface area contributed by atoms with E-state index in [1.165, 1.54) is 0 Å². The fourth-order valence-electron chi connectivity index (χ4n) is 2.49. The molecular formula is C17H23NO3. The number of ether oxygens (including phenoxy) is 1. The van der Waals surface area contributed by atoms with Gasteiger partial charge < -0.3 is 14.7 Å². The number of nitrogens with zero attached hydrogens (tertiary/aromatic N) is 1. The number of likely N-dealkylation sites (N-methyl/N-ethyl adjacent to an activating group) is 1. The summed E-state index contributed by atoms with van der Waals surface area (Å²) in [6, 6.07) is 7.91. The fraction of sp³-hybridized carbons (Fsp3) is 0.471. The lowest BCUT2D eigenvalue weighted by molar-refractivity contribution is -0.131. The Morgan fingerprint density at radius 2 is 2.05 bits per heavy atom. The molecule has 1 fully saturated rings. The molecule has 2 rings (SSSR count). The molecule has 0 atom stereocenters. The number of aliphatic hydroxyl groups is 1. The monoisotopic (exact) mass is 289 g/mol. The first kappa shape index (κ1) is 15.7.